The molecule has 0 heterocycles. The van der Waals surface area contributed by atoms with Gasteiger partial charge in [-0.2, -0.15) is 0 Å². The molecule has 1 aromatic carbocycles. The Balaban J connectivity index is 1.90. The Labute approximate surface area is 196 Å². The van der Waals surface area contributed by atoms with Crippen molar-refractivity contribution in [2.24, 2.45) is 23.3 Å². The Hall–Kier alpha value is -2.49. The number of benzene rings is 1. The first-order valence-corrected chi connectivity index (χ1v) is 11.7. The second kappa shape index (κ2) is 13.3. The average Bonchev–Trinajstić information content (AvgIpc) is 3.17. The van der Waals surface area contributed by atoms with E-state index < -0.39 is 30.1 Å². The molecule has 1 aliphatic rings. The number of carbonyl (C=O) groups excluding carboxylic acids is 2. The molecule has 0 spiro atoms. The minimum atomic E-state index is -0.923. The topological polar surface area (TPSA) is 151 Å². The van der Waals surface area contributed by atoms with Gasteiger partial charge in [0.2, 0.25) is 11.8 Å². The van der Waals surface area contributed by atoms with Crippen LogP contribution in [0.2, 0.25) is 0 Å². The molecule has 0 bridgehead atoms. The monoisotopic (exact) mass is 461 g/mol. The van der Waals surface area contributed by atoms with Gasteiger partial charge in [-0.1, -0.05) is 43.2 Å². The molecule has 9 heteroatoms. The Morgan fingerprint density at radius 1 is 1.09 bits per heavy atom. The van der Waals surface area contributed by atoms with Crippen molar-refractivity contribution in [3.63, 3.8) is 0 Å². The van der Waals surface area contributed by atoms with E-state index in [-0.39, 0.29) is 24.3 Å². The van der Waals surface area contributed by atoms with Crippen LogP contribution in [0.15, 0.2) is 30.3 Å². The van der Waals surface area contributed by atoms with Crippen molar-refractivity contribution in [2.75, 3.05) is 13.6 Å². The quantitative estimate of drug-likeness (QED) is 0.217. The van der Waals surface area contributed by atoms with Gasteiger partial charge in [0.05, 0.1) is 5.92 Å². The SMILES string of the molecule is CC(=O)NC(C(=O)N(C)CCCCCCc1ccccc1)C1CC(C(=O)O)CC1NC(N)N. The standard InChI is InChI=1S/C24H39N5O4/c1-16(30)27-21(19-14-18(23(32)33)15-20(19)28-24(25)26)22(31)29(2)13-9-4-3-6-10-17-11-7-5-8-12-17/h5,7-8,11-12,18-21,24,28H,3-4,6,9-10,13-15,25-26H2,1-2H3,(H,27,30)(H,32,33). The van der Waals surface area contributed by atoms with Gasteiger partial charge in [0, 0.05) is 32.5 Å². The number of hydrogen-bond acceptors (Lipinski definition) is 6. The summed E-state index contributed by atoms with van der Waals surface area (Å²) in [6.07, 6.45) is 4.82. The van der Waals surface area contributed by atoms with Crippen molar-refractivity contribution in [3.8, 4) is 0 Å². The van der Waals surface area contributed by atoms with Crippen LogP contribution < -0.4 is 22.1 Å². The Bertz CT molecular complexity index is 773. The number of rotatable bonds is 13. The molecule has 1 saturated carbocycles. The molecular weight excluding hydrogens is 422 g/mol. The van der Waals surface area contributed by atoms with Crippen molar-refractivity contribution in [3.05, 3.63) is 35.9 Å². The van der Waals surface area contributed by atoms with E-state index in [4.69, 9.17) is 11.5 Å². The van der Waals surface area contributed by atoms with Crippen LogP contribution in [-0.4, -0.2) is 59.8 Å². The fourth-order valence-electron chi connectivity index (χ4n) is 4.67. The number of amides is 2. The molecule has 1 fully saturated rings. The lowest BCUT2D eigenvalue weighted by atomic mass is 9.92. The van der Waals surface area contributed by atoms with Gasteiger partial charge in [-0.15, -0.1) is 0 Å². The first-order chi connectivity index (χ1) is 15.7. The predicted molar refractivity (Wildman–Crippen MR) is 127 cm³/mol. The van der Waals surface area contributed by atoms with Gasteiger partial charge >= 0.3 is 5.97 Å². The van der Waals surface area contributed by atoms with Crippen LogP contribution in [0.3, 0.4) is 0 Å². The van der Waals surface area contributed by atoms with Gasteiger partial charge in [-0.05, 0) is 37.7 Å². The molecule has 0 radical (unpaired) electrons. The van der Waals surface area contributed by atoms with Gasteiger partial charge in [-0.3, -0.25) is 19.7 Å². The minimum absolute atomic E-state index is 0.220. The molecule has 33 heavy (non-hydrogen) atoms. The van der Waals surface area contributed by atoms with E-state index in [1.54, 1.807) is 11.9 Å². The minimum Gasteiger partial charge on any atom is -0.481 e. The lowest BCUT2D eigenvalue weighted by molar-refractivity contribution is -0.142. The van der Waals surface area contributed by atoms with Crippen LogP contribution in [0, 0.1) is 11.8 Å². The highest BCUT2D eigenvalue weighted by atomic mass is 16.4. The summed E-state index contributed by atoms with van der Waals surface area (Å²) >= 11 is 0. The maximum Gasteiger partial charge on any atom is 0.306 e. The number of hydrogen-bond donors (Lipinski definition) is 5. The summed E-state index contributed by atoms with van der Waals surface area (Å²) in [6, 6.07) is 9.17. The summed E-state index contributed by atoms with van der Waals surface area (Å²) in [5, 5.41) is 15.2. The molecule has 0 aliphatic heterocycles. The van der Waals surface area contributed by atoms with E-state index in [1.165, 1.54) is 12.5 Å². The van der Waals surface area contributed by atoms with E-state index in [0.717, 1.165) is 32.1 Å². The third kappa shape index (κ3) is 8.75. The molecule has 7 N–H and O–H groups in total. The molecule has 4 unspecified atom stereocenters. The molecule has 0 aromatic heterocycles. The second-order valence-electron chi connectivity index (χ2n) is 9.06. The number of carboxylic acid groups (broad SMARTS) is 1. The third-order valence-electron chi connectivity index (χ3n) is 6.35. The zero-order chi connectivity index (χ0) is 24.4. The van der Waals surface area contributed by atoms with E-state index in [2.05, 4.69) is 22.8 Å². The number of carbonyl (C=O) groups is 3. The second-order valence-corrected chi connectivity index (χ2v) is 9.06. The van der Waals surface area contributed by atoms with Gasteiger partial charge in [0.25, 0.3) is 0 Å². The smallest absolute Gasteiger partial charge is 0.306 e. The number of nitrogens with one attached hydrogen (secondary N) is 2. The van der Waals surface area contributed by atoms with Crippen molar-refractivity contribution >= 4 is 17.8 Å². The fraction of sp³-hybridized carbons (Fsp3) is 0.625. The highest BCUT2D eigenvalue weighted by Gasteiger charge is 2.45. The largest absolute Gasteiger partial charge is 0.481 e. The van der Waals surface area contributed by atoms with Crippen LogP contribution in [0.25, 0.3) is 0 Å². The van der Waals surface area contributed by atoms with Crippen molar-refractivity contribution in [2.45, 2.75) is 70.2 Å². The van der Waals surface area contributed by atoms with Crippen molar-refractivity contribution in [1.29, 1.82) is 0 Å². The molecule has 2 rings (SSSR count). The number of carboxylic acids is 1. The third-order valence-corrected chi connectivity index (χ3v) is 6.35. The summed E-state index contributed by atoms with van der Waals surface area (Å²) in [7, 11) is 1.72. The van der Waals surface area contributed by atoms with E-state index in [9.17, 15) is 19.5 Å². The molecule has 2 amide bonds. The van der Waals surface area contributed by atoms with E-state index >= 15 is 0 Å². The average molecular weight is 462 g/mol. The van der Waals surface area contributed by atoms with Crippen LogP contribution in [-0.2, 0) is 20.8 Å². The highest BCUT2D eigenvalue weighted by molar-refractivity contribution is 5.87. The maximum absolute atomic E-state index is 13.3. The number of unbranched alkanes of at least 4 members (excludes halogenated alkanes) is 3. The Morgan fingerprint density at radius 3 is 2.36 bits per heavy atom. The Morgan fingerprint density at radius 2 is 1.76 bits per heavy atom. The Kier molecular flexibility index (Phi) is 10.8. The summed E-state index contributed by atoms with van der Waals surface area (Å²) in [5.41, 5.74) is 12.7. The van der Waals surface area contributed by atoms with Crippen LogP contribution in [0.1, 0.15) is 51.0 Å². The molecule has 9 nitrogen and oxygen atoms in total. The zero-order valence-electron chi connectivity index (χ0n) is 19.7. The normalized spacial score (nSPS) is 21.1. The van der Waals surface area contributed by atoms with Crippen LogP contribution in [0.5, 0.6) is 0 Å². The van der Waals surface area contributed by atoms with Gasteiger partial charge in [-0.25, -0.2) is 0 Å². The summed E-state index contributed by atoms with van der Waals surface area (Å²) in [6.45, 7) is 1.93. The van der Waals surface area contributed by atoms with Crippen LogP contribution >= 0.6 is 0 Å². The lowest BCUT2D eigenvalue weighted by Crippen LogP contribution is -2.58. The lowest BCUT2D eigenvalue weighted by Gasteiger charge is -2.32. The predicted octanol–water partition coefficient (Wildman–Crippen LogP) is 1.02. The first kappa shape index (κ1) is 26.8. The number of likely N-dealkylation sites (N-methyl/N-ethyl adjacent to an activating group) is 1. The van der Waals surface area contributed by atoms with E-state index in [0.29, 0.717) is 13.0 Å². The number of nitrogens with zero attached hydrogens (tertiary/aromatic N) is 1. The molecular formula is C24H39N5O4. The van der Waals surface area contributed by atoms with E-state index in [1.807, 2.05) is 18.2 Å². The first-order valence-electron chi connectivity index (χ1n) is 11.7. The highest BCUT2D eigenvalue weighted by Crippen LogP contribution is 2.34. The van der Waals surface area contributed by atoms with Crippen LogP contribution in [0.4, 0.5) is 0 Å². The zero-order valence-corrected chi connectivity index (χ0v) is 19.7. The van der Waals surface area contributed by atoms with Crippen molar-refractivity contribution in [1.82, 2.24) is 15.5 Å². The maximum atomic E-state index is 13.3. The summed E-state index contributed by atoms with van der Waals surface area (Å²) in [5.74, 6) is -2.51. The molecule has 0 saturated heterocycles. The molecule has 1 aromatic rings. The summed E-state index contributed by atoms with van der Waals surface area (Å²) in [4.78, 5) is 38.3. The molecule has 4 atom stereocenters. The number of aryl methyl sites for hydroxylation is 1. The van der Waals surface area contributed by atoms with Gasteiger partial charge in [0.1, 0.15) is 12.3 Å². The summed E-state index contributed by atoms with van der Waals surface area (Å²) < 4.78 is 0. The van der Waals surface area contributed by atoms with Gasteiger partial charge in [0.15, 0.2) is 0 Å². The number of aliphatic carboxylic acids is 1. The van der Waals surface area contributed by atoms with Crippen molar-refractivity contribution < 1.29 is 19.5 Å². The number of nitrogens with two attached hydrogens (primary N) is 2. The fourth-order valence-corrected chi connectivity index (χ4v) is 4.67. The molecule has 184 valence electrons. The van der Waals surface area contributed by atoms with Gasteiger partial charge < -0.3 is 26.8 Å². The molecule has 1 aliphatic carbocycles.